The van der Waals surface area contributed by atoms with E-state index in [0.29, 0.717) is 0 Å². The molecule has 0 fully saturated rings. The summed E-state index contributed by atoms with van der Waals surface area (Å²) in [6.07, 6.45) is 8.35. The molecule has 0 amide bonds. The Morgan fingerprint density at radius 1 is 1.30 bits per heavy atom. The molecule has 0 saturated carbocycles. The molecular weight excluding hydrogens is 199 g/mol. The van der Waals surface area contributed by atoms with Crippen molar-refractivity contribution in [2.45, 2.75) is 12.8 Å². The molecule has 0 atom stereocenters. The van der Waals surface area contributed by atoms with Crippen molar-refractivity contribution in [1.82, 2.24) is 4.98 Å². The molecule has 0 bridgehead atoms. The largest absolute Gasteiger partial charge is 0.320 e. The van der Waals surface area contributed by atoms with Crippen LogP contribution in [0.25, 0.3) is 0 Å². The van der Waals surface area contributed by atoms with Crippen molar-refractivity contribution in [3.63, 3.8) is 0 Å². The monoisotopic (exact) mass is 207 g/mol. The van der Waals surface area contributed by atoms with Crippen molar-refractivity contribution in [3.05, 3.63) is 36.0 Å². The molecule has 0 unspecified atom stereocenters. The predicted octanol–water partition coefficient (Wildman–Crippen LogP) is 1.38. The third-order valence-corrected chi connectivity index (χ3v) is 1.73. The van der Waals surface area contributed by atoms with Gasteiger partial charge in [-0.1, -0.05) is 11.1 Å². The van der Waals surface area contributed by atoms with E-state index < -0.39 is 0 Å². The number of rotatable bonds is 0. The standard InChI is InChI=1S/C8H8N.Y/c1-2-7-4-5-9-6-8(7)3-1;/h1,4-6H,2-3H2;/q-1;. The first kappa shape index (κ1) is 8.35. The number of pyridine rings is 1. The maximum atomic E-state index is 4.04. The first-order chi connectivity index (χ1) is 4.47. The van der Waals surface area contributed by atoms with Gasteiger partial charge in [-0.2, -0.15) is 12.8 Å². The molecule has 2 heteroatoms. The van der Waals surface area contributed by atoms with E-state index in [4.69, 9.17) is 0 Å². The van der Waals surface area contributed by atoms with Crippen molar-refractivity contribution in [2.24, 2.45) is 0 Å². The molecule has 1 nitrogen and oxygen atoms in total. The fraction of sp³-hybridized carbons (Fsp3) is 0.250. The molecule has 0 saturated heterocycles. The Morgan fingerprint density at radius 3 is 2.90 bits per heavy atom. The minimum atomic E-state index is 0. The third-order valence-electron chi connectivity index (χ3n) is 1.73. The van der Waals surface area contributed by atoms with E-state index >= 15 is 0 Å². The molecule has 0 aliphatic heterocycles. The zero-order valence-electron chi connectivity index (χ0n) is 5.75. The van der Waals surface area contributed by atoms with Crippen molar-refractivity contribution >= 4 is 0 Å². The van der Waals surface area contributed by atoms with Gasteiger partial charge in [-0.05, 0) is 6.07 Å². The van der Waals surface area contributed by atoms with Crippen molar-refractivity contribution < 1.29 is 32.7 Å². The molecule has 2 rings (SSSR count). The smallest absolute Gasteiger partial charge is 0.0275 e. The molecule has 1 heterocycles. The van der Waals surface area contributed by atoms with Crippen LogP contribution in [0.1, 0.15) is 11.1 Å². The molecule has 0 spiro atoms. The molecular formula is C8H8NY-. The van der Waals surface area contributed by atoms with Crippen LogP contribution in [-0.4, -0.2) is 4.98 Å². The summed E-state index contributed by atoms with van der Waals surface area (Å²) in [6, 6.07) is 2.10. The van der Waals surface area contributed by atoms with Crippen LogP contribution in [0, 0.1) is 6.42 Å². The zero-order valence-corrected chi connectivity index (χ0v) is 8.59. The quantitative estimate of drug-likeness (QED) is 0.585. The van der Waals surface area contributed by atoms with Gasteiger partial charge in [0, 0.05) is 45.1 Å². The number of hydrogen-bond donors (Lipinski definition) is 0. The van der Waals surface area contributed by atoms with Gasteiger partial charge in [0.15, 0.2) is 0 Å². The van der Waals surface area contributed by atoms with Crippen LogP contribution >= 0.6 is 0 Å². The first-order valence-corrected chi connectivity index (χ1v) is 3.20. The van der Waals surface area contributed by atoms with Gasteiger partial charge in [-0.25, -0.2) is 0 Å². The summed E-state index contributed by atoms with van der Waals surface area (Å²) in [4.78, 5) is 4.04. The van der Waals surface area contributed by atoms with Crippen LogP contribution in [-0.2, 0) is 45.6 Å². The van der Waals surface area contributed by atoms with Crippen LogP contribution in [0.2, 0.25) is 0 Å². The Kier molecular flexibility index (Phi) is 3.00. The predicted molar refractivity (Wildman–Crippen MR) is 35.9 cm³/mol. The van der Waals surface area contributed by atoms with Gasteiger partial charge in [0.1, 0.15) is 0 Å². The number of hydrogen-bond acceptors (Lipinski definition) is 1. The fourth-order valence-electron chi connectivity index (χ4n) is 1.22. The van der Waals surface area contributed by atoms with Gasteiger partial charge in [-0.15, -0.1) is 0 Å². The van der Waals surface area contributed by atoms with Crippen molar-refractivity contribution in [3.8, 4) is 0 Å². The van der Waals surface area contributed by atoms with E-state index in [1.807, 2.05) is 12.4 Å². The third kappa shape index (κ3) is 1.46. The average molecular weight is 207 g/mol. The Hall–Kier alpha value is 0.254. The van der Waals surface area contributed by atoms with Crippen molar-refractivity contribution in [2.75, 3.05) is 0 Å². The van der Waals surface area contributed by atoms with Gasteiger partial charge in [0.05, 0.1) is 0 Å². The second kappa shape index (κ2) is 3.59. The van der Waals surface area contributed by atoms with E-state index in [1.54, 1.807) is 0 Å². The maximum absolute atomic E-state index is 4.04. The van der Waals surface area contributed by atoms with Crippen LogP contribution in [0.4, 0.5) is 0 Å². The normalized spacial score (nSPS) is 14.0. The van der Waals surface area contributed by atoms with Crippen LogP contribution in [0.5, 0.6) is 0 Å². The zero-order chi connectivity index (χ0) is 6.10. The first-order valence-electron chi connectivity index (χ1n) is 3.20. The second-order valence-electron chi connectivity index (χ2n) is 2.34. The van der Waals surface area contributed by atoms with E-state index in [1.165, 1.54) is 11.1 Å². The van der Waals surface area contributed by atoms with Crippen LogP contribution in [0.15, 0.2) is 18.5 Å². The molecule has 0 aromatic carbocycles. The summed E-state index contributed by atoms with van der Waals surface area (Å²) < 4.78 is 0. The summed E-state index contributed by atoms with van der Waals surface area (Å²) in [5.74, 6) is 0. The maximum Gasteiger partial charge on any atom is 0.0275 e. The summed E-state index contributed by atoms with van der Waals surface area (Å²) in [5.41, 5.74) is 2.85. The topological polar surface area (TPSA) is 12.9 Å². The summed E-state index contributed by atoms with van der Waals surface area (Å²) in [5, 5.41) is 0. The van der Waals surface area contributed by atoms with Gasteiger partial charge in [0.2, 0.25) is 0 Å². The fourth-order valence-corrected chi connectivity index (χ4v) is 1.22. The Balaban J connectivity index is 0.000000500. The van der Waals surface area contributed by atoms with Crippen molar-refractivity contribution in [1.29, 1.82) is 0 Å². The molecule has 0 N–H and O–H groups in total. The molecule has 1 radical (unpaired) electrons. The van der Waals surface area contributed by atoms with E-state index in [9.17, 15) is 0 Å². The molecule has 1 aromatic heterocycles. The minimum Gasteiger partial charge on any atom is -0.320 e. The van der Waals surface area contributed by atoms with Gasteiger partial charge < -0.3 is 6.42 Å². The van der Waals surface area contributed by atoms with E-state index in [2.05, 4.69) is 17.5 Å². The van der Waals surface area contributed by atoms with Gasteiger partial charge >= 0.3 is 0 Å². The van der Waals surface area contributed by atoms with E-state index in [0.717, 1.165) is 12.8 Å². The van der Waals surface area contributed by atoms with Crippen LogP contribution < -0.4 is 0 Å². The molecule has 1 aliphatic rings. The van der Waals surface area contributed by atoms with Gasteiger partial charge in [0.25, 0.3) is 0 Å². The van der Waals surface area contributed by atoms with Gasteiger partial charge in [-0.3, -0.25) is 4.98 Å². The average Bonchev–Trinajstić information content (AvgIpc) is 2.33. The molecule has 1 aromatic rings. The number of nitrogens with zero attached hydrogens (tertiary/aromatic N) is 1. The summed E-state index contributed by atoms with van der Waals surface area (Å²) in [6.45, 7) is 0. The van der Waals surface area contributed by atoms with Crippen LogP contribution in [0.3, 0.4) is 0 Å². The number of aromatic nitrogens is 1. The summed E-state index contributed by atoms with van der Waals surface area (Å²) >= 11 is 0. The number of fused-ring (bicyclic) bond motifs is 1. The second-order valence-corrected chi connectivity index (χ2v) is 2.34. The Bertz CT molecular complexity index is 199. The Labute approximate surface area is 86.1 Å². The van der Waals surface area contributed by atoms with E-state index in [-0.39, 0.29) is 32.7 Å². The Morgan fingerprint density at radius 2 is 2.10 bits per heavy atom. The molecule has 49 valence electrons. The SMILES string of the molecule is [Y].c1cc2c(cn1)C[CH-]C2. The molecule has 1 aliphatic carbocycles. The molecule has 10 heavy (non-hydrogen) atoms. The summed E-state index contributed by atoms with van der Waals surface area (Å²) in [7, 11) is 0. The minimum absolute atomic E-state index is 0.